The highest BCUT2D eigenvalue weighted by atomic mass is 16.1. The van der Waals surface area contributed by atoms with Gasteiger partial charge in [0.1, 0.15) is 0 Å². The molecule has 0 fully saturated rings. The molecule has 1 N–H and O–H groups in total. The second kappa shape index (κ2) is 8.57. The van der Waals surface area contributed by atoms with E-state index in [4.69, 9.17) is 0 Å². The molecule has 0 saturated heterocycles. The predicted molar refractivity (Wildman–Crippen MR) is 51.5 cm³/mol. The monoisotopic (exact) mass is 170 g/mol. The summed E-state index contributed by atoms with van der Waals surface area (Å²) in [5.74, 6) is 0.160. The summed E-state index contributed by atoms with van der Waals surface area (Å²) in [6, 6.07) is 0. The summed E-state index contributed by atoms with van der Waals surface area (Å²) in [6.07, 6.45) is 6.08. The van der Waals surface area contributed by atoms with Crippen molar-refractivity contribution in [1.82, 2.24) is 5.32 Å². The number of hydrogen-bond acceptors (Lipinski definition) is 1. The molecule has 71 valence electrons. The zero-order valence-corrected chi connectivity index (χ0v) is 8.23. The number of hydrogen-bond donors (Lipinski definition) is 1. The van der Waals surface area contributed by atoms with Crippen LogP contribution < -0.4 is 5.32 Å². The lowest BCUT2D eigenvalue weighted by atomic mass is 10.2. The summed E-state index contributed by atoms with van der Waals surface area (Å²) in [7, 11) is 0. The van der Waals surface area contributed by atoms with Gasteiger partial charge in [-0.25, -0.2) is 0 Å². The normalized spacial score (nSPS) is 9.83. The van der Waals surface area contributed by atoms with Crippen molar-refractivity contribution in [3.05, 3.63) is 6.54 Å². The Balaban J connectivity index is 3.08. The Hall–Kier alpha value is -0.530. The number of carbonyl (C=O) groups excluding carboxylic acids is 1. The molecule has 0 heterocycles. The van der Waals surface area contributed by atoms with E-state index < -0.39 is 0 Å². The third kappa shape index (κ3) is 7.58. The van der Waals surface area contributed by atoms with Crippen molar-refractivity contribution in [2.75, 3.05) is 0 Å². The molecule has 0 unspecified atom stereocenters. The van der Waals surface area contributed by atoms with E-state index in [1.54, 1.807) is 0 Å². The minimum atomic E-state index is 0.160. The van der Waals surface area contributed by atoms with Crippen LogP contribution in [0, 0.1) is 6.54 Å². The average Bonchev–Trinajstić information content (AvgIpc) is 2.09. The lowest BCUT2D eigenvalue weighted by Crippen LogP contribution is -2.19. The van der Waals surface area contributed by atoms with Gasteiger partial charge in [-0.15, -0.1) is 0 Å². The maximum atomic E-state index is 11.0. The molecule has 0 aliphatic carbocycles. The van der Waals surface area contributed by atoms with E-state index in [0.717, 1.165) is 25.7 Å². The Labute approximate surface area is 75.7 Å². The van der Waals surface area contributed by atoms with Crippen LogP contribution in [0.3, 0.4) is 0 Å². The minimum absolute atomic E-state index is 0.160. The fraction of sp³-hybridized carbons (Fsp3) is 0.800. The summed E-state index contributed by atoms with van der Waals surface area (Å²) < 4.78 is 0. The van der Waals surface area contributed by atoms with E-state index in [-0.39, 0.29) is 5.91 Å². The molecule has 0 spiro atoms. The minimum Gasteiger partial charge on any atom is -0.351 e. The van der Waals surface area contributed by atoms with Crippen LogP contribution in [0.2, 0.25) is 0 Å². The molecule has 0 aromatic carbocycles. The van der Waals surface area contributed by atoms with Crippen molar-refractivity contribution >= 4 is 5.91 Å². The SMILES string of the molecule is CCCC[CH]NC(=O)CCCC. The summed E-state index contributed by atoms with van der Waals surface area (Å²) >= 11 is 0. The molecular formula is C10H20NO. The van der Waals surface area contributed by atoms with Crippen LogP contribution in [0.25, 0.3) is 0 Å². The number of amides is 1. The van der Waals surface area contributed by atoms with Crippen molar-refractivity contribution in [3.63, 3.8) is 0 Å². The van der Waals surface area contributed by atoms with Gasteiger partial charge in [0.2, 0.25) is 5.91 Å². The molecule has 2 heteroatoms. The summed E-state index contributed by atoms with van der Waals surface area (Å²) in [6.45, 7) is 6.11. The van der Waals surface area contributed by atoms with E-state index in [1.165, 1.54) is 6.42 Å². The van der Waals surface area contributed by atoms with Gasteiger partial charge in [-0.05, 0) is 12.8 Å². The highest BCUT2D eigenvalue weighted by molar-refractivity contribution is 5.76. The quantitative estimate of drug-likeness (QED) is 0.585. The Morgan fingerprint density at radius 3 is 2.50 bits per heavy atom. The second-order valence-corrected chi connectivity index (χ2v) is 3.02. The van der Waals surface area contributed by atoms with Gasteiger partial charge in [0, 0.05) is 13.0 Å². The molecule has 1 radical (unpaired) electrons. The highest BCUT2D eigenvalue weighted by Gasteiger charge is 1.97. The van der Waals surface area contributed by atoms with Crippen LogP contribution in [0.4, 0.5) is 0 Å². The maximum absolute atomic E-state index is 11.0. The summed E-state index contributed by atoms with van der Waals surface area (Å²) in [5.41, 5.74) is 0. The van der Waals surface area contributed by atoms with Crippen molar-refractivity contribution in [3.8, 4) is 0 Å². The zero-order valence-electron chi connectivity index (χ0n) is 8.23. The van der Waals surface area contributed by atoms with Crippen LogP contribution in [-0.2, 0) is 4.79 Å². The largest absolute Gasteiger partial charge is 0.351 e. The van der Waals surface area contributed by atoms with E-state index in [1.807, 2.05) is 6.54 Å². The van der Waals surface area contributed by atoms with Crippen LogP contribution in [-0.4, -0.2) is 5.91 Å². The molecule has 0 aromatic heterocycles. The van der Waals surface area contributed by atoms with Crippen molar-refractivity contribution in [2.24, 2.45) is 0 Å². The van der Waals surface area contributed by atoms with Gasteiger partial charge in [0.25, 0.3) is 0 Å². The molecule has 1 amide bonds. The maximum Gasteiger partial charge on any atom is 0.220 e. The van der Waals surface area contributed by atoms with Crippen LogP contribution >= 0.6 is 0 Å². The molecule has 12 heavy (non-hydrogen) atoms. The molecule has 0 saturated carbocycles. The van der Waals surface area contributed by atoms with Gasteiger partial charge < -0.3 is 5.32 Å². The topological polar surface area (TPSA) is 29.1 Å². The summed E-state index contributed by atoms with van der Waals surface area (Å²) in [5, 5.41) is 2.79. The zero-order chi connectivity index (χ0) is 9.23. The van der Waals surface area contributed by atoms with Crippen molar-refractivity contribution in [1.29, 1.82) is 0 Å². The molecule has 0 aliphatic heterocycles. The third-order valence-electron chi connectivity index (χ3n) is 1.72. The second-order valence-electron chi connectivity index (χ2n) is 3.02. The highest BCUT2D eigenvalue weighted by Crippen LogP contribution is 1.97. The van der Waals surface area contributed by atoms with Gasteiger partial charge >= 0.3 is 0 Å². The number of carbonyl (C=O) groups is 1. The predicted octanol–water partition coefficient (Wildman–Crippen LogP) is 2.64. The lowest BCUT2D eigenvalue weighted by Gasteiger charge is -2.02. The van der Waals surface area contributed by atoms with Crippen LogP contribution in [0.15, 0.2) is 0 Å². The standard InChI is InChI=1S/C10H20NO/c1-3-5-7-9-11-10(12)8-6-4-2/h9H,3-8H2,1-2H3,(H,11,12). The van der Waals surface area contributed by atoms with E-state index >= 15 is 0 Å². The van der Waals surface area contributed by atoms with Gasteiger partial charge in [-0.3, -0.25) is 4.79 Å². The molecule has 0 bridgehead atoms. The molecular weight excluding hydrogens is 150 g/mol. The smallest absolute Gasteiger partial charge is 0.220 e. The van der Waals surface area contributed by atoms with E-state index in [0.29, 0.717) is 6.42 Å². The fourth-order valence-electron chi connectivity index (χ4n) is 0.902. The van der Waals surface area contributed by atoms with Gasteiger partial charge in [-0.1, -0.05) is 33.1 Å². The first-order chi connectivity index (χ1) is 5.81. The number of nitrogens with one attached hydrogen (secondary N) is 1. The van der Waals surface area contributed by atoms with E-state index in [2.05, 4.69) is 19.2 Å². The number of unbranched alkanes of at least 4 members (excludes halogenated alkanes) is 3. The third-order valence-corrected chi connectivity index (χ3v) is 1.72. The Morgan fingerprint density at radius 1 is 1.25 bits per heavy atom. The fourth-order valence-corrected chi connectivity index (χ4v) is 0.902. The first-order valence-corrected chi connectivity index (χ1v) is 4.92. The van der Waals surface area contributed by atoms with E-state index in [9.17, 15) is 4.79 Å². The average molecular weight is 170 g/mol. The van der Waals surface area contributed by atoms with Gasteiger partial charge in [0.15, 0.2) is 0 Å². The Morgan fingerprint density at radius 2 is 1.92 bits per heavy atom. The summed E-state index contributed by atoms with van der Waals surface area (Å²) in [4.78, 5) is 11.0. The lowest BCUT2D eigenvalue weighted by molar-refractivity contribution is -0.120. The van der Waals surface area contributed by atoms with Gasteiger partial charge in [0.05, 0.1) is 0 Å². The molecule has 0 atom stereocenters. The van der Waals surface area contributed by atoms with Crippen molar-refractivity contribution < 1.29 is 4.79 Å². The molecule has 0 aromatic rings. The molecule has 0 aliphatic rings. The first kappa shape index (κ1) is 11.5. The van der Waals surface area contributed by atoms with Crippen molar-refractivity contribution in [2.45, 2.75) is 52.4 Å². The Kier molecular flexibility index (Phi) is 8.19. The Bertz CT molecular complexity index is 112. The number of rotatable bonds is 7. The van der Waals surface area contributed by atoms with Crippen LogP contribution in [0.1, 0.15) is 52.4 Å². The first-order valence-electron chi connectivity index (χ1n) is 4.92. The van der Waals surface area contributed by atoms with Crippen LogP contribution in [0.5, 0.6) is 0 Å². The van der Waals surface area contributed by atoms with Gasteiger partial charge in [-0.2, -0.15) is 0 Å². The molecule has 0 rings (SSSR count). The molecule has 2 nitrogen and oxygen atoms in total.